The van der Waals surface area contributed by atoms with Crippen LogP contribution in [0.1, 0.15) is 26.2 Å². The second-order valence-electron chi connectivity index (χ2n) is 4.34. The number of rotatable bonds is 10. The Morgan fingerprint density at radius 2 is 2.25 bits per heavy atom. The van der Waals surface area contributed by atoms with Crippen molar-refractivity contribution in [2.75, 3.05) is 38.3 Å². The lowest BCUT2D eigenvalue weighted by Gasteiger charge is -2.30. The van der Waals surface area contributed by atoms with Gasteiger partial charge in [-0.3, -0.25) is 4.90 Å². The van der Waals surface area contributed by atoms with Crippen molar-refractivity contribution in [1.82, 2.24) is 4.90 Å². The van der Waals surface area contributed by atoms with Crippen LogP contribution in [-0.4, -0.2) is 55.3 Å². The average molecular weight is 246 g/mol. The van der Waals surface area contributed by atoms with Gasteiger partial charge in [0.05, 0.1) is 6.61 Å². The Balaban J connectivity index is 2.32. The van der Waals surface area contributed by atoms with Crippen LogP contribution in [0.2, 0.25) is 0 Å². The minimum atomic E-state index is 0.557. The molecular formula is C12H26N2OS. The maximum absolute atomic E-state index is 5.90. The molecule has 16 heavy (non-hydrogen) atoms. The van der Waals surface area contributed by atoms with E-state index in [1.807, 2.05) is 11.8 Å². The molecule has 1 fully saturated rings. The number of hydrogen-bond acceptors (Lipinski definition) is 4. The molecule has 1 aliphatic carbocycles. The summed E-state index contributed by atoms with van der Waals surface area (Å²) in [7, 11) is 1.77. The van der Waals surface area contributed by atoms with E-state index in [2.05, 4.69) is 11.8 Å². The molecule has 1 aliphatic rings. The highest BCUT2D eigenvalue weighted by Gasteiger charge is 2.32. The first-order valence-electron chi connectivity index (χ1n) is 6.36. The Morgan fingerprint density at radius 1 is 1.50 bits per heavy atom. The van der Waals surface area contributed by atoms with Gasteiger partial charge >= 0.3 is 0 Å². The van der Waals surface area contributed by atoms with Gasteiger partial charge in [-0.2, -0.15) is 11.8 Å². The third kappa shape index (κ3) is 5.04. The van der Waals surface area contributed by atoms with E-state index in [9.17, 15) is 0 Å². The van der Waals surface area contributed by atoms with Gasteiger partial charge in [0.15, 0.2) is 0 Å². The number of hydrogen-bond donors (Lipinski definition) is 1. The molecule has 0 amide bonds. The molecule has 1 saturated carbocycles. The van der Waals surface area contributed by atoms with Crippen LogP contribution in [0.15, 0.2) is 0 Å². The van der Waals surface area contributed by atoms with E-state index in [1.54, 1.807) is 7.11 Å². The number of nitrogens with two attached hydrogens (primary N) is 1. The van der Waals surface area contributed by atoms with E-state index in [4.69, 9.17) is 10.5 Å². The van der Waals surface area contributed by atoms with Crippen LogP contribution < -0.4 is 5.73 Å². The largest absolute Gasteiger partial charge is 0.383 e. The molecule has 0 saturated heterocycles. The van der Waals surface area contributed by atoms with Crippen LogP contribution in [0, 0.1) is 0 Å². The normalized spacial score (nSPS) is 18.0. The summed E-state index contributed by atoms with van der Waals surface area (Å²) in [4.78, 5) is 2.57. The molecule has 4 heteroatoms. The zero-order valence-electron chi connectivity index (χ0n) is 10.7. The minimum Gasteiger partial charge on any atom is -0.383 e. The van der Waals surface area contributed by atoms with Gasteiger partial charge in [-0.05, 0) is 30.8 Å². The second-order valence-corrected chi connectivity index (χ2v) is 5.73. The average Bonchev–Trinajstić information content (AvgIpc) is 3.11. The monoisotopic (exact) mass is 246 g/mol. The van der Waals surface area contributed by atoms with Gasteiger partial charge in [-0.25, -0.2) is 0 Å². The van der Waals surface area contributed by atoms with Crippen molar-refractivity contribution in [2.45, 2.75) is 38.3 Å². The Bertz CT molecular complexity index is 176. The van der Waals surface area contributed by atoms with Gasteiger partial charge in [0.25, 0.3) is 0 Å². The lowest BCUT2D eigenvalue weighted by Crippen LogP contribution is -2.44. The van der Waals surface area contributed by atoms with Crippen LogP contribution in [0.5, 0.6) is 0 Å². The van der Waals surface area contributed by atoms with Crippen LogP contribution >= 0.6 is 11.8 Å². The fourth-order valence-electron chi connectivity index (χ4n) is 2.05. The van der Waals surface area contributed by atoms with E-state index in [1.165, 1.54) is 30.8 Å². The standard InChI is InChI=1S/C12H26N2OS/c1-3-16-9-6-12(10-13)14(7-8-15-2)11-4-5-11/h11-12H,3-10,13H2,1-2H3. The summed E-state index contributed by atoms with van der Waals surface area (Å²) in [6.07, 6.45) is 3.91. The molecule has 1 rings (SSSR count). The van der Waals surface area contributed by atoms with Crippen molar-refractivity contribution < 1.29 is 4.74 Å². The first-order valence-corrected chi connectivity index (χ1v) is 7.51. The predicted octanol–water partition coefficient (Wildman–Crippen LogP) is 1.57. The highest BCUT2D eigenvalue weighted by Crippen LogP contribution is 2.29. The molecular weight excluding hydrogens is 220 g/mol. The van der Waals surface area contributed by atoms with Gasteiger partial charge in [-0.15, -0.1) is 0 Å². The van der Waals surface area contributed by atoms with E-state index in [0.29, 0.717) is 6.04 Å². The van der Waals surface area contributed by atoms with Crippen LogP contribution in [-0.2, 0) is 4.74 Å². The molecule has 0 aliphatic heterocycles. The van der Waals surface area contributed by atoms with Gasteiger partial charge < -0.3 is 10.5 Å². The van der Waals surface area contributed by atoms with Crippen molar-refractivity contribution in [3.05, 3.63) is 0 Å². The van der Waals surface area contributed by atoms with Crippen molar-refractivity contribution in [1.29, 1.82) is 0 Å². The van der Waals surface area contributed by atoms with Gasteiger partial charge in [0.1, 0.15) is 0 Å². The number of thioether (sulfide) groups is 1. The maximum Gasteiger partial charge on any atom is 0.0589 e. The maximum atomic E-state index is 5.90. The number of methoxy groups -OCH3 is 1. The van der Waals surface area contributed by atoms with Crippen LogP contribution in [0.3, 0.4) is 0 Å². The lowest BCUT2D eigenvalue weighted by atomic mass is 10.2. The van der Waals surface area contributed by atoms with Gasteiger partial charge in [0, 0.05) is 32.3 Å². The molecule has 3 nitrogen and oxygen atoms in total. The summed E-state index contributed by atoms with van der Waals surface area (Å²) in [5, 5.41) is 0. The quantitative estimate of drug-likeness (QED) is 0.594. The highest BCUT2D eigenvalue weighted by molar-refractivity contribution is 7.99. The Morgan fingerprint density at radius 3 is 2.75 bits per heavy atom. The molecule has 0 aromatic carbocycles. The third-order valence-corrected chi connectivity index (χ3v) is 4.04. The number of nitrogens with zero attached hydrogens (tertiary/aromatic N) is 1. The fourth-order valence-corrected chi connectivity index (χ4v) is 2.78. The summed E-state index contributed by atoms with van der Waals surface area (Å²) >= 11 is 2.01. The lowest BCUT2D eigenvalue weighted by molar-refractivity contribution is 0.114. The Labute approximate surface area is 104 Å². The summed E-state index contributed by atoms with van der Waals surface area (Å²) in [6, 6.07) is 1.34. The highest BCUT2D eigenvalue weighted by atomic mass is 32.2. The van der Waals surface area contributed by atoms with Crippen LogP contribution in [0.25, 0.3) is 0 Å². The van der Waals surface area contributed by atoms with Crippen LogP contribution in [0.4, 0.5) is 0 Å². The van der Waals surface area contributed by atoms with Crippen molar-refractivity contribution >= 4 is 11.8 Å². The minimum absolute atomic E-state index is 0.557. The molecule has 1 unspecified atom stereocenters. The summed E-state index contributed by atoms with van der Waals surface area (Å²) in [6.45, 7) is 4.87. The van der Waals surface area contributed by atoms with Crippen molar-refractivity contribution in [3.63, 3.8) is 0 Å². The molecule has 96 valence electrons. The molecule has 0 heterocycles. The Kier molecular flexibility index (Phi) is 7.45. The zero-order chi connectivity index (χ0) is 11.8. The van der Waals surface area contributed by atoms with E-state index >= 15 is 0 Å². The summed E-state index contributed by atoms with van der Waals surface area (Å²) in [5.41, 5.74) is 5.90. The molecule has 0 bridgehead atoms. The first kappa shape index (κ1) is 14.3. The topological polar surface area (TPSA) is 38.5 Å². The SMILES string of the molecule is CCSCCC(CN)N(CCOC)C1CC1. The third-order valence-electron chi connectivity index (χ3n) is 3.11. The van der Waals surface area contributed by atoms with E-state index < -0.39 is 0 Å². The fraction of sp³-hybridized carbons (Fsp3) is 1.00. The van der Waals surface area contributed by atoms with Gasteiger partial charge in [-0.1, -0.05) is 6.92 Å². The summed E-state index contributed by atoms with van der Waals surface area (Å²) in [5.74, 6) is 2.44. The molecule has 1 atom stereocenters. The summed E-state index contributed by atoms with van der Waals surface area (Å²) < 4.78 is 5.18. The Hall–Kier alpha value is 0.230. The zero-order valence-corrected chi connectivity index (χ0v) is 11.5. The van der Waals surface area contributed by atoms with E-state index in [-0.39, 0.29) is 0 Å². The predicted molar refractivity (Wildman–Crippen MR) is 72.1 cm³/mol. The van der Waals surface area contributed by atoms with E-state index in [0.717, 1.165) is 25.7 Å². The first-order chi connectivity index (χ1) is 7.83. The molecule has 2 N–H and O–H groups in total. The molecule has 0 aromatic rings. The molecule has 0 aromatic heterocycles. The second kappa shape index (κ2) is 8.34. The van der Waals surface area contributed by atoms with Crippen molar-refractivity contribution in [2.24, 2.45) is 5.73 Å². The number of ether oxygens (including phenoxy) is 1. The molecule has 0 radical (unpaired) electrons. The van der Waals surface area contributed by atoms with Crippen molar-refractivity contribution in [3.8, 4) is 0 Å². The smallest absolute Gasteiger partial charge is 0.0589 e. The molecule has 0 spiro atoms. The van der Waals surface area contributed by atoms with Gasteiger partial charge in [0.2, 0.25) is 0 Å².